The van der Waals surface area contributed by atoms with Gasteiger partial charge in [-0.1, -0.05) is 6.92 Å². The van der Waals surface area contributed by atoms with E-state index < -0.39 is 27.9 Å². The molecule has 2 unspecified atom stereocenters. The molecule has 7 nitrogen and oxygen atoms in total. The molecule has 104 valence electrons. The Bertz CT molecular complexity index is 434. The zero-order chi connectivity index (χ0) is 13.9. The number of nitrogens with two attached hydrogens (primary N) is 1. The molecule has 0 saturated carbocycles. The van der Waals surface area contributed by atoms with Gasteiger partial charge in [0.05, 0.1) is 30.0 Å². The Hall–Kier alpha value is -1.15. The maximum atomic E-state index is 11.9. The molecule has 0 radical (unpaired) electrons. The summed E-state index contributed by atoms with van der Waals surface area (Å²) in [5, 5.41) is 8.77. The number of carboxylic acids is 1. The molecule has 1 heterocycles. The first-order valence-corrected chi connectivity index (χ1v) is 7.57. The minimum absolute atomic E-state index is 0.0206. The van der Waals surface area contributed by atoms with Crippen molar-refractivity contribution in [3.63, 3.8) is 0 Å². The Morgan fingerprint density at radius 3 is 2.61 bits per heavy atom. The van der Waals surface area contributed by atoms with Crippen LogP contribution in [-0.2, 0) is 19.4 Å². The first-order chi connectivity index (χ1) is 8.26. The van der Waals surface area contributed by atoms with Gasteiger partial charge < -0.3 is 15.7 Å². The smallest absolute Gasteiger partial charge is 0.305 e. The van der Waals surface area contributed by atoms with E-state index in [4.69, 9.17) is 10.8 Å². The second-order valence-electron chi connectivity index (χ2n) is 4.41. The van der Waals surface area contributed by atoms with Crippen LogP contribution >= 0.6 is 0 Å². The summed E-state index contributed by atoms with van der Waals surface area (Å²) in [6, 6.07) is -1.52. The predicted molar refractivity (Wildman–Crippen MR) is 64.7 cm³/mol. The number of sulfone groups is 1. The summed E-state index contributed by atoms with van der Waals surface area (Å²) in [5.74, 6) is -1.94. The molecule has 0 aromatic heterocycles. The number of carboxylic acid groups (broad SMARTS) is 1. The third-order valence-electron chi connectivity index (χ3n) is 2.98. The Morgan fingerprint density at radius 2 is 2.11 bits per heavy atom. The molecule has 1 amide bonds. The number of carbonyl (C=O) groups is 2. The molecule has 1 rings (SSSR count). The minimum atomic E-state index is -3.27. The van der Waals surface area contributed by atoms with Crippen LogP contribution in [0.2, 0.25) is 0 Å². The number of carbonyl (C=O) groups excluding carboxylic acids is 1. The van der Waals surface area contributed by atoms with Crippen molar-refractivity contribution in [2.24, 2.45) is 5.73 Å². The standard InChI is InChI=1S/C10H18N2O5S/c1-2-8(11)10(15)12-3-4-18(16,17)6-7(12)5-9(13)14/h7-8H,2-6,11H2,1H3,(H,13,14). The van der Waals surface area contributed by atoms with Crippen molar-refractivity contribution in [1.29, 1.82) is 0 Å². The van der Waals surface area contributed by atoms with E-state index in [1.807, 2.05) is 0 Å². The molecule has 0 spiro atoms. The van der Waals surface area contributed by atoms with Crippen molar-refractivity contribution < 1.29 is 23.1 Å². The van der Waals surface area contributed by atoms with Crippen molar-refractivity contribution in [3.8, 4) is 0 Å². The van der Waals surface area contributed by atoms with Gasteiger partial charge >= 0.3 is 5.97 Å². The molecule has 0 aromatic carbocycles. The lowest BCUT2D eigenvalue weighted by Gasteiger charge is -2.36. The fourth-order valence-corrected chi connectivity index (χ4v) is 3.46. The normalized spacial score (nSPS) is 24.6. The van der Waals surface area contributed by atoms with Gasteiger partial charge in [-0.15, -0.1) is 0 Å². The molecule has 1 saturated heterocycles. The number of aliphatic carboxylic acids is 1. The van der Waals surface area contributed by atoms with Crippen LogP contribution in [0.3, 0.4) is 0 Å². The van der Waals surface area contributed by atoms with Crippen molar-refractivity contribution >= 4 is 21.7 Å². The molecule has 1 aliphatic heterocycles. The molecule has 0 bridgehead atoms. The topological polar surface area (TPSA) is 118 Å². The molecule has 8 heteroatoms. The van der Waals surface area contributed by atoms with E-state index in [1.54, 1.807) is 6.92 Å². The van der Waals surface area contributed by atoms with Crippen molar-refractivity contribution in [3.05, 3.63) is 0 Å². The molecule has 2 atom stereocenters. The highest BCUT2D eigenvalue weighted by Gasteiger charge is 2.36. The summed E-state index contributed by atoms with van der Waals surface area (Å²) in [4.78, 5) is 24.0. The highest BCUT2D eigenvalue weighted by Crippen LogP contribution is 2.16. The zero-order valence-electron chi connectivity index (χ0n) is 10.2. The van der Waals surface area contributed by atoms with Gasteiger partial charge in [0.15, 0.2) is 9.84 Å². The Labute approximate surface area is 106 Å². The third-order valence-corrected chi connectivity index (χ3v) is 4.68. The van der Waals surface area contributed by atoms with Gasteiger partial charge in [-0.2, -0.15) is 0 Å². The number of amides is 1. The number of hydrogen-bond acceptors (Lipinski definition) is 5. The largest absolute Gasteiger partial charge is 0.481 e. The Morgan fingerprint density at radius 1 is 1.50 bits per heavy atom. The van der Waals surface area contributed by atoms with Crippen LogP contribution < -0.4 is 5.73 Å². The van der Waals surface area contributed by atoms with Gasteiger partial charge in [-0.05, 0) is 6.42 Å². The highest BCUT2D eigenvalue weighted by atomic mass is 32.2. The Kier molecular flexibility index (Phi) is 4.69. The summed E-state index contributed by atoms with van der Waals surface area (Å²) in [5.41, 5.74) is 5.62. The minimum Gasteiger partial charge on any atom is -0.481 e. The molecule has 1 aliphatic rings. The number of rotatable bonds is 4. The first-order valence-electron chi connectivity index (χ1n) is 5.75. The van der Waals surface area contributed by atoms with E-state index >= 15 is 0 Å². The fraction of sp³-hybridized carbons (Fsp3) is 0.800. The fourth-order valence-electron chi connectivity index (χ4n) is 1.93. The van der Waals surface area contributed by atoms with E-state index in [0.717, 1.165) is 0 Å². The summed E-state index contributed by atoms with van der Waals surface area (Å²) in [7, 11) is -3.27. The van der Waals surface area contributed by atoms with Gasteiger partial charge in [0.1, 0.15) is 0 Å². The number of nitrogens with zero attached hydrogens (tertiary/aromatic N) is 1. The monoisotopic (exact) mass is 278 g/mol. The maximum absolute atomic E-state index is 11.9. The average molecular weight is 278 g/mol. The molecule has 0 aromatic rings. The Balaban J connectivity index is 2.88. The van der Waals surface area contributed by atoms with E-state index in [-0.39, 0.29) is 30.4 Å². The molecular formula is C10H18N2O5S. The van der Waals surface area contributed by atoms with Crippen molar-refractivity contribution in [2.45, 2.75) is 31.8 Å². The van der Waals surface area contributed by atoms with E-state index in [0.29, 0.717) is 6.42 Å². The molecular weight excluding hydrogens is 260 g/mol. The van der Waals surface area contributed by atoms with E-state index in [9.17, 15) is 18.0 Å². The molecule has 1 fully saturated rings. The summed E-state index contributed by atoms with van der Waals surface area (Å²) >= 11 is 0. The zero-order valence-corrected chi connectivity index (χ0v) is 11.0. The van der Waals surface area contributed by atoms with Crippen molar-refractivity contribution in [1.82, 2.24) is 4.90 Å². The highest BCUT2D eigenvalue weighted by molar-refractivity contribution is 7.91. The summed E-state index contributed by atoms with van der Waals surface area (Å²) in [6.07, 6.45) is 0.0588. The average Bonchev–Trinajstić information content (AvgIpc) is 2.25. The van der Waals surface area contributed by atoms with Crippen molar-refractivity contribution in [2.75, 3.05) is 18.1 Å². The van der Waals surface area contributed by atoms with Gasteiger partial charge in [0.2, 0.25) is 5.91 Å². The first kappa shape index (κ1) is 14.9. The summed E-state index contributed by atoms with van der Waals surface area (Å²) < 4.78 is 23.0. The second kappa shape index (κ2) is 5.66. The SMILES string of the molecule is CCC(N)C(=O)N1CCS(=O)(=O)CC1CC(=O)O. The van der Waals surface area contributed by atoms with Crippen LogP contribution in [-0.4, -0.2) is 60.4 Å². The summed E-state index contributed by atoms with van der Waals surface area (Å²) in [6.45, 7) is 1.77. The van der Waals surface area contributed by atoms with Crippen LogP contribution in [0.4, 0.5) is 0 Å². The van der Waals surface area contributed by atoms with Crippen LogP contribution in [0.25, 0.3) is 0 Å². The number of hydrogen-bond donors (Lipinski definition) is 2. The van der Waals surface area contributed by atoms with Gasteiger partial charge in [-0.3, -0.25) is 9.59 Å². The maximum Gasteiger partial charge on any atom is 0.305 e. The van der Waals surface area contributed by atoms with Crippen LogP contribution in [0.5, 0.6) is 0 Å². The van der Waals surface area contributed by atoms with E-state index in [2.05, 4.69) is 0 Å². The lowest BCUT2D eigenvalue weighted by atomic mass is 10.1. The predicted octanol–water partition coefficient (Wildman–Crippen LogP) is -1.18. The third kappa shape index (κ3) is 3.67. The lowest BCUT2D eigenvalue weighted by Crippen LogP contribution is -2.56. The molecule has 18 heavy (non-hydrogen) atoms. The lowest BCUT2D eigenvalue weighted by molar-refractivity contribution is -0.140. The molecule has 3 N–H and O–H groups in total. The van der Waals surface area contributed by atoms with Gasteiger partial charge in [0, 0.05) is 6.54 Å². The van der Waals surface area contributed by atoms with Gasteiger partial charge in [-0.25, -0.2) is 8.42 Å². The quantitative estimate of drug-likeness (QED) is 0.668. The van der Waals surface area contributed by atoms with Crippen LogP contribution in [0.1, 0.15) is 19.8 Å². The van der Waals surface area contributed by atoms with E-state index in [1.165, 1.54) is 4.90 Å². The molecule has 0 aliphatic carbocycles. The van der Waals surface area contributed by atoms with Crippen LogP contribution in [0.15, 0.2) is 0 Å². The van der Waals surface area contributed by atoms with Crippen LogP contribution in [0, 0.1) is 0 Å². The van der Waals surface area contributed by atoms with Gasteiger partial charge in [0.25, 0.3) is 0 Å². The second-order valence-corrected chi connectivity index (χ2v) is 6.64.